The normalized spacial score (nSPS) is 17.9. The molecule has 3 aromatic rings. The molecule has 0 amide bonds. The first kappa shape index (κ1) is 13.6. The molecule has 0 saturated heterocycles. The molecule has 0 bridgehead atoms. The summed E-state index contributed by atoms with van der Waals surface area (Å²) in [6.07, 6.45) is 3.63. The number of anilines is 1. The smallest absolute Gasteiger partial charge is 0.153 e. The predicted molar refractivity (Wildman–Crippen MR) is 87.3 cm³/mol. The Hall–Kier alpha value is -2.02. The van der Waals surface area contributed by atoms with E-state index in [4.69, 9.17) is 0 Å². The molecule has 3 aromatic heterocycles. The van der Waals surface area contributed by atoms with Crippen LogP contribution in [0.4, 0.5) is 5.82 Å². The maximum Gasteiger partial charge on any atom is 0.153 e. The van der Waals surface area contributed by atoms with Gasteiger partial charge in [-0.05, 0) is 17.9 Å². The van der Waals surface area contributed by atoms with E-state index in [1.165, 1.54) is 0 Å². The molecule has 1 atom stereocenters. The maximum atomic E-state index is 4.63. The van der Waals surface area contributed by atoms with E-state index in [0.717, 1.165) is 47.1 Å². The molecule has 0 fully saturated rings. The summed E-state index contributed by atoms with van der Waals surface area (Å²) in [7, 11) is 0. The molecule has 1 N–H and O–H groups in total. The van der Waals surface area contributed by atoms with Gasteiger partial charge in [0.2, 0.25) is 0 Å². The number of fused-ring (bicyclic) bond motifs is 2. The molecule has 1 aliphatic heterocycles. The van der Waals surface area contributed by atoms with Gasteiger partial charge in [0, 0.05) is 18.4 Å². The van der Waals surface area contributed by atoms with Gasteiger partial charge < -0.3 is 5.32 Å². The summed E-state index contributed by atoms with van der Waals surface area (Å²) in [5, 5.41) is 10.2. The Morgan fingerprint density at radius 1 is 1.36 bits per heavy atom. The third-order valence-corrected chi connectivity index (χ3v) is 4.89. The third kappa shape index (κ3) is 2.35. The van der Waals surface area contributed by atoms with Crippen molar-refractivity contribution in [2.24, 2.45) is 0 Å². The van der Waals surface area contributed by atoms with Crippen molar-refractivity contribution >= 4 is 27.4 Å². The summed E-state index contributed by atoms with van der Waals surface area (Å²) in [6.45, 7) is 5.10. The summed E-state index contributed by atoms with van der Waals surface area (Å²) in [6, 6.07) is 2.35. The molecule has 0 aliphatic carbocycles. The Morgan fingerprint density at radius 2 is 2.27 bits per heavy atom. The zero-order valence-electron chi connectivity index (χ0n) is 12.7. The van der Waals surface area contributed by atoms with Gasteiger partial charge in [-0.3, -0.25) is 0 Å². The van der Waals surface area contributed by atoms with Gasteiger partial charge in [-0.1, -0.05) is 13.8 Å². The number of aryl methyl sites for hydroxylation is 1. The van der Waals surface area contributed by atoms with E-state index < -0.39 is 0 Å². The molecule has 6 nitrogen and oxygen atoms in total. The Balaban J connectivity index is 1.56. The lowest BCUT2D eigenvalue weighted by Crippen LogP contribution is -2.32. The van der Waals surface area contributed by atoms with Crippen molar-refractivity contribution in [3.05, 3.63) is 29.4 Å². The van der Waals surface area contributed by atoms with Crippen LogP contribution in [-0.2, 0) is 13.0 Å². The minimum absolute atomic E-state index is 0.328. The molecule has 0 aromatic carbocycles. The van der Waals surface area contributed by atoms with Crippen molar-refractivity contribution in [3.8, 4) is 0 Å². The van der Waals surface area contributed by atoms with Crippen LogP contribution in [0.5, 0.6) is 0 Å². The van der Waals surface area contributed by atoms with Crippen LogP contribution in [0.3, 0.4) is 0 Å². The van der Waals surface area contributed by atoms with Gasteiger partial charge in [-0.15, -0.1) is 11.3 Å². The minimum Gasteiger partial charge on any atom is -0.364 e. The zero-order valence-corrected chi connectivity index (χ0v) is 13.5. The van der Waals surface area contributed by atoms with Gasteiger partial charge >= 0.3 is 0 Å². The van der Waals surface area contributed by atoms with Gasteiger partial charge in [-0.25, -0.2) is 19.6 Å². The number of rotatable bonds is 3. The second-order valence-corrected chi connectivity index (χ2v) is 6.88. The fourth-order valence-electron chi connectivity index (χ4n) is 2.78. The molecule has 4 rings (SSSR count). The van der Waals surface area contributed by atoms with Crippen LogP contribution < -0.4 is 5.32 Å². The van der Waals surface area contributed by atoms with Gasteiger partial charge in [0.15, 0.2) is 5.82 Å². The van der Waals surface area contributed by atoms with Crippen molar-refractivity contribution in [3.63, 3.8) is 0 Å². The van der Waals surface area contributed by atoms with Crippen molar-refractivity contribution in [2.45, 2.75) is 45.2 Å². The van der Waals surface area contributed by atoms with E-state index in [1.807, 2.05) is 10.7 Å². The van der Waals surface area contributed by atoms with E-state index >= 15 is 0 Å². The summed E-state index contributed by atoms with van der Waals surface area (Å²) >= 11 is 1.67. The second kappa shape index (κ2) is 5.31. The molecule has 0 spiro atoms. The highest BCUT2D eigenvalue weighted by Crippen LogP contribution is 2.27. The Labute approximate surface area is 132 Å². The number of thiophene rings is 1. The molecular weight excluding hydrogens is 296 g/mol. The molecule has 7 heteroatoms. The Morgan fingerprint density at radius 3 is 3.14 bits per heavy atom. The SMILES string of the molecule is CC(C)c1nc2n(n1)C[C@@H](Nc1ncnc3ccsc13)CC2. The largest absolute Gasteiger partial charge is 0.364 e. The minimum atomic E-state index is 0.328. The van der Waals surface area contributed by atoms with Crippen molar-refractivity contribution in [1.29, 1.82) is 0 Å². The molecular formula is C15H18N6S. The first-order valence-corrected chi connectivity index (χ1v) is 8.47. The summed E-state index contributed by atoms with van der Waals surface area (Å²) in [5.41, 5.74) is 1.00. The number of aromatic nitrogens is 5. The Kier molecular flexibility index (Phi) is 3.29. The number of hydrogen-bond donors (Lipinski definition) is 1. The molecule has 4 heterocycles. The summed E-state index contributed by atoms with van der Waals surface area (Å²) in [5.74, 6) is 3.35. The number of nitrogens with one attached hydrogen (secondary N) is 1. The molecule has 0 saturated carbocycles. The first-order chi connectivity index (χ1) is 10.7. The van der Waals surface area contributed by atoms with Crippen LogP contribution in [0, 0.1) is 0 Å². The van der Waals surface area contributed by atoms with Gasteiger partial charge in [0.1, 0.15) is 18.0 Å². The fraction of sp³-hybridized carbons (Fsp3) is 0.467. The second-order valence-electron chi connectivity index (χ2n) is 5.96. The highest BCUT2D eigenvalue weighted by Gasteiger charge is 2.23. The first-order valence-electron chi connectivity index (χ1n) is 7.59. The molecule has 0 radical (unpaired) electrons. The third-order valence-electron chi connectivity index (χ3n) is 3.97. The van der Waals surface area contributed by atoms with Crippen molar-refractivity contribution in [1.82, 2.24) is 24.7 Å². The maximum absolute atomic E-state index is 4.63. The van der Waals surface area contributed by atoms with E-state index in [1.54, 1.807) is 17.7 Å². The van der Waals surface area contributed by atoms with Crippen LogP contribution >= 0.6 is 11.3 Å². The average Bonchev–Trinajstić information content (AvgIpc) is 3.13. The van der Waals surface area contributed by atoms with Crippen molar-refractivity contribution < 1.29 is 0 Å². The van der Waals surface area contributed by atoms with E-state index in [9.17, 15) is 0 Å². The highest BCUT2D eigenvalue weighted by molar-refractivity contribution is 7.17. The van der Waals surface area contributed by atoms with Crippen LogP contribution in [0.15, 0.2) is 17.8 Å². The van der Waals surface area contributed by atoms with Crippen LogP contribution in [0.1, 0.15) is 37.8 Å². The van der Waals surface area contributed by atoms with Gasteiger partial charge in [-0.2, -0.15) is 5.10 Å². The van der Waals surface area contributed by atoms with Crippen LogP contribution in [0.2, 0.25) is 0 Å². The fourth-order valence-corrected chi connectivity index (χ4v) is 3.57. The molecule has 1 aliphatic rings. The molecule has 114 valence electrons. The lowest BCUT2D eigenvalue weighted by molar-refractivity contribution is 0.439. The number of hydrogen-bond acceptors (Lipinski definition) is 6. The quantitative estimate of drug-likeness (QED) is 0.805. The van der Waals surface area contributed by atoms with Gasteiger partial charge in [0.25, 0.3) is 0 Å². The lowest BCUT2D eigenvalue weighted by Gasteiger charge is -2.24. The van der Waals surface area contributed by atoms with Crippen molar-refractivity contribution in [2.75, 3.05) is 5.32 Å². The Bertz CT molecular complexity index is 805. The van der Waals surface area contributed by atoms with E-state index in [2.05, 4.69) is 44.6 Å². The highest BCUT2D eigenvalue weighted by atomic mass is 32.1. The predicted octanol–water partition coefficient (Wildman–Crippen LogP) is 2.83. The van der Waals surface area contributed by atoms with Crippen LogP contribution in [0.25, 0.3) is 10.2 Å². The molecule has 22 heavy (non-hydrogen) atoms. The topological polar surface area (TPSA) is 68.5 Å². The summed E-state index contributed by atoms with van der Waals surface area (Å²) < 4.78 is 3.17. The summed E-state index contributed by atoms with van der Waals surface area (Å²) in [4.78, 5) is 13.3. The van der Waals surface area contributed by atoms with Crippen LogP contribution in [-0.4, -0.2) is 30.8 Å². The van der Waals surface area contributed by atoms with E-state index in [-0.39, 0.29) is 0 Å². The standard InChI is InChI=1S/C15H18N6S/c1-9(2)14-19-12-4-3-10(7-21(12)20-14)18-15-13-11(5-6-22-13)16-8-17-15/h5-6,8-10H,3-4,7H2,1-2H3,(H,16,17,18)/t10-/m0/s1. The monoisotopic (exact) mass is 314 g/mol. The zero-order chi connectivity index (χ0) is 15.1. The lowest BCUT2D eigenvalue weighted by atomic mass is 10.1. The van der Waals surface area contributed by atoms with Gasteiger partial charge in [0.05, 0.1) is 16.8 Å². The van der Waals surface area contributed by atoms with E-state index in [0.29, 0.717) is 12.0 Å². The average molecular weight is 314 g/mol. The number of nitrogens with zero attached hydrogens (tertiary/aromatic N) is 5. The molecule has 0 unspecified atom stereocenters.